The van der Waals surface area contributed by atoms with Gasteiger partial charge in [-0.25, -0.2) is 0 Å². The molecule has 20 heavy (non-hydrogen) atoms. The second kappa shape index (κ2) is 7.44. The normalized spacial score (nSPS) is 20.4. The van der Waals surface area contributed by atoms with Gasteiger partial charge in [0.1, 0.15) is 0 Å². The maximum Gasteiger partial charge on any atom is 0.233 e. The highest BCUT2D eigenvalue weighted by molar-refractivity contribution is 6.01. The molecular weight excluding hydrogens is 262 g/mol. The Kier molecular flexibility index (Phi) is 6.22. The lowest BCUT2D eigenvalue weighted by atomic mass is 9.93. The Labute approximate surface area is 119 Å². The van der Waals surface area contributed by atoms with E-state index in [2.05, 4.69) is 5.16 Å². The molecule has 0 bridgehead atoms. The fourth-order valence-electron chi connectivity index (χ4n) is 2.45. The fourth-order valence-corrected chi connectivity index (χ4v) is 2.45. The third-order valence-corrected chi connectivity index (χ3v) is 3.68. The predicted molar refractivity (Wildman–Crippen MR) is 74.4 cm³/mol. The summed E-state index contributed by atoms with van der Waals surface area (Å²) in [5.41, 5.74) is 4.67. The molecule has 1 aliphatic rings. The number of hydrogen-bond acceptors (Lipinski definition) is 5. The third kappa shape index (κ3) is 4.35. The van der Waals surface area contributed by atoms with Crippen LogP contribution in [0.3, 0.4) is 0 Å². The van der Waals surface area contributed by atoms with Crippen LogP contribution in [0, 0.1) is 5.92 Å². The lowest BCUT2D eigenvalue weighted by Gasteiger charge is -2.36. The molecule has 7 heteroatoms. The quantitative estimate of drug-likeness (QED) is 0.279. The lowest BCUT2D eigenvalue weighted by Crippen LogP contribution is -2.50. The number of amides is 1. The summed E-state index contributed by atoms with van der Waals surface area (Å²) in [5.74, 6) is -0.955. The Morgan fingerprint density at radius 3 is 2.60 bits per heavy atom. The Bertz CT molecular complexity index is 354. The van der Waals surface area contributed by atoms with Gasteiger partial charge in [-0.3, -0.25) is 4.79 Å². The summed E-state index contributed by atoms with van der Waals surface area (Å²) in [6.07, 6.45) is 2.28. The van der Waals surface area contributed by atoms with Crippen molar-refractivity contribution in [2.24, 2.45) is 16.8 Å². The van der Waals surface area contributed by atoms with Gasteiger partial charge in [0.2, 0.25) is 5.91 Å². The maximum absolute atomic E-state index is 12.4. The highest BCUT2D eigenvalue weighted by atomic mass is 16.5. The molecule has 1 fully saturated rings. The highest BCUT2D eigenvalue weighted by Gasteiger charge is 2.34. The number of carbonyl (C=O) groups is 1. The monoisotopic (exact) mass is 287 g/mol. The van der Waals surface area contributed by atoms with Crippen LogP contribution in [0.2, 0.25) is 0 Å². The Morgan fingerprint density at radius 2 is 2.10 bits per heavy atom. The van der Waals surface area contributed by atoms with Gasteiger partial charge in [0.15, 0.2) is 5.84 Å². The van der Waals surface area contributed by atoms with Crippen molar-refractivity contribution in [3.8, 4) is 0 Å². The van der Waals surface area contributed by atoms with Crippen molar-refractivity contribution in [1.82, 2.24) is 4.90 Å². The van der Waals surface area contributed by atoms with Crippen LogP contribution >= 0.6 is 0 Å². The van der Waals surface area contributed by atoms with Gasteiger partial charge < -0.3 is 25.7 Å². The minimum absolute atomic E-state index is 0.0809. The molecule has 1 heterocycles. The van der Waals surface area contributed by atoms with Crippen molar-refractivity contribution < 1.29 is 19.8 Å². The number of rotatable bonds is 6. The van der Waals surface area contributed by atoms with Crippen LogP contribution in [0.5, 0.6) is 0 Å². The third-order valence-electron chi connectivity index (χ3n) is 3.68. The van der Waals surface area contributed by atoms with Crippen LogP contribution in [0.15, 0.2) is 5.16 Å². The minimum atomic E-state index is -0.912. The van der Waals surface area contributed by atoms with Crippen LogP contribution in [0.25, 0.3) is 0 Å². The topological polar surface area (TPSA) is 108 Å². The number of nitrogens with zero attached hydrogens (tertiary/aromatic N) is 2. The van der Waals surface area contributed by atoms with Gasteiger partial charge in [0, 0.05) is 39.6 Å². The molecule has 0 aromatic heterocycles. The number of aliphatic hydroxyl groups is 1. The number of hydrogen-bond donors (Lipinski definition) is 3. The SMILES string of the molecule is CCCC(C(=O)N(C)CC1(O)CCOCC1)C(N)=NO. The molecule has 1 saturated heterocycles. The molecule has 1 rings (SSSR count). The summed E-state index contributed by atoms with van der Waals surface area (Å²) >= 11 is 0. The lowest BCUT2D eigenvalue weighted by molar-refractivity contribution is -0.139. The number of oxime groups is 1. The number of amidine groups is 1. The van der Waals surface area contributed by atoms with Gasteiger partial charge in [-0.05, 0) is 6.42 Å². The van der Waals surface area contributed by atoms with Gasteiger partial charge in [0.05, 0.1) is 11.5 Å². The van der Waals surface area contributed by atoms with Crippen molar-refractivity contribution in [2.45, 2.75) is 38.2 Å². The first-order valence-electron chi connectivity index (χ1n) is 6.96. The second-order valence-electron chi connectivity index (χ2n) is 5.40. The van der Waals surface area contributed by atoms with Gasteiger partial charge >= 0.3 is 0 Å². The molecule has 1 aliphatic heterocycles. The molecule has 0 spiro atoms. The molecule has 0 radical (unpaired) electrons. The van der Waals surface area contributed by atoms with E-state index in [9.17, 15) is 9.90 Å². The Hall–Kier alpha value is -1.34. The second-order valence-corrected chi connectivity index (χ2v) is 5.40. The molecule has 1 unspecified atom stereocenters. The highest BCUT2D eigenvalue weighted by Crippen LogP contribution is 2.22. The Balaban J connectivity index is 2.68. The molecular formula is C13H25N3O4. The van der Waals surface area contributed by atoms with E-state index in [-0.39, 0.29) is 18.3 Å². The largest absolute Gasteiger partial charge is 0.409 e. The number of carbonyl (C=O) groups excluding carboxylic acids is 1. The number of nitrogens with two attached hydrogens (primary N) is 1. The summed E-state index contributed by atoms with van der Waals surface area (Å²) < 4.78 is 5.21. The maximum atomic E-state index is 12.4. The first kappa shape index (κ1) is 16.7. The van der Waals surface area contributed by atoms with Crippen molar-refractivity contribution in [3.05, 3.63) is 0 Å². The molecule has 1 atom stereocenters. The van der Waals surface area contributed by atoms with Gasteiger partial charge in [-0.15, -0.1) is 0 Å². The first-order chi connectivity index (χ1) is 9.43. The summed E-state index contributed by atoms with van der Waals surface area (Å²) in [5, 5.41) is 22.1. The van der Waals surface area contributed by atoms with Crippen molar-refractivity contribution in [3.63, 3.8) is 0 Å². The zero-order valence-electron chi connectivity index (χ0n) is 12.2. The molecule has 1 amide bonds. The molecule has 116 valence electrons. The average molecular weight is 287 g/mol. The van der Waals surface area contributed by atoms with E-state index in [1.54, 1.807) is 7.05 Å². The van der Waals surface area contributed by atoms with Crippen LogP contribution in [0.1, 0.15) is 32.6 Å². The van der Waals surface area contributed by atoms with E-state index >= 15 is 0 Å². The van der Waals surface area contributed by atoms with E-state index in [1.807, 2.05) is 6.92 Å². The fraction of sp³-hybridized carbons (Fsp3) is 0.846. The van der Waals surface area contributed by atoms with E-state index < -0.39 is 11.5 Å². The van der Waals surface area contributed by atoms with Crippen LogP contribution in [-0.2, 0) is 9.53 Å². The van der Waals surface area contributed by atoms with Crippen LogP contribution in [0.4, 0.5) is 0 Å². The van der Waals surface area contributed by atoms with Crippen molar-refractivity contribution in [1.29, 1.82) is 0 Å². The first-order valence-corrected chi connectivity index (χ1v) is 6.96. The van der Waals surface area contributed by atoms with Gasteiger partial charge in [-0.2, -0.15) is 0 Å². The zero-order chi connectivity index (χ0) is 15.2. The number of ether oxygens (including phenoxy) is 1. The minimum Gasteiger partial charge on any atom is -0.409 e. The smallest absolute Gasteiger partial charge is 0.233 e. The molecule has 0 aromatic carbocycles. The molecule has 0 aromatic rings. The van der Waals surface area contributed by atoms with E-state index in [1.165, 1.54) is 4.90 Å². The summed E-state index contributed by atoms with van der Waals surface area (Å²) in [6, 6.07) is 0. The average Bonchev–Trinajstić information content (AvgIpc) is 2.43. The summed E-state index contributed by atoms with van der Waals surface area (Å²) in [7, 11) is 1.63. The van der Waals surface area contributed by atoms with E-state index in [0.717, 1.165) is 6.42 Å². The molecule has 7 nitrogen and oxygen atoms in total. The van der Waals surface area contributed by atoms with Gasteiger partial charge in [0.25, 0.3) is 0 Å². The predicted octanol–water partition coefficient (Wildman–Crippen LogP) is 0.149. The molecule has 4 N–H and O–H groups in total. The standard InChI is InChI=1S/C13H25N3O4/c1-3-4-10(11(14)15-19)12(17)16(2)9-13(18)5-7-20-8-6-13/h10,18-19H,3-9H2,1-2H3,(H2,14,15). The van der Waals surface area contributed by atoms with Crippen molar-refractivity contribution in [2.75, 3.05) is 26.8 Å². The summed E-state index contributed by atoms with van der Waals surface area (Å²) in [4.78, 5) is 13.8. The Morgan fingerprint density at radius 1 is 1.50 bits per heavy atom. The zero-order valence-corrected chi connectivity index (χ0v) is 12.2. The van der Waals surface area contributed by atoms with Crippen LogP contribution in [-0.4, -0.2) is 59.4 Å². The van der Waals surface area contributed by atoms with Gasteiger partial charge in [-0.1, -0.05) is 18.5 Å². The van der Waals surface area contributed by atoms with Crippen LogP contribution < -0.4 is 5.73 Å². The van der Waals surface area contributed by atoms with E-state index in [4.69, 9.17) is 15.7 Å². The molecule has 0 saturated carbocycles. The number of likely N-dealkylation sites (N-methyl/N-ethyl adjacent to an activating group) is 1. The molecule has 0 aliphatic carbocycles. The summed E-state index contributed by atoms with van der Waals surface area (Å²) in [6.45, 7) is 3.15. The van der Waals surface area contributed by atoms with Crippen molar-refractivity contribution >= 4 is 11.7 Å². The van der Waals surface area contributed by atoms with E-state index in [0.29, 0.717) is 32.5 Å².